The van der Waals surface area contributed by atoms with E-state index in [1.807, 2.05) is 41.0 Å². The van der Waals surface area contributed by atoms with Crippen LogP contribution < -0.4 is 15.1 Å². The van der Waals surface area contributed by atoms with Crippen LogP contribution in [0.15, 0.2) is 60.9 Å². The van der Waals surface area contributed by atoms with Crippen LogP contribution in [0.2, 0.25) is 0 Å². The Morgan fingerprint density at radius 1 is 0.918 bits per heavy atom. The lowest BCUT2D eigenvalue weighted by Gasteiger charge is -2.39. The predicted octanol–water partition coefficient (Wildman–Crippen LogP) is 5.56. The number of pyridine rings is 1. The lowest BCUT2D eigenvalue weighted by molar-refractivity contribution is 0.0904. The molecule has 0 amide bonds. The van der Waals surface area contributed by atoms with Gasteiger partial charge in [-0.15, -0.1) is 10.2 Å². The first-order valence-corrected chi connectivity index (χ1v) is 18.0. The molecule has 3 aliphatic heterocycles. The number of nitriles is 1. The van der Waals surface area contributed by atoms with E-state index in [4.69, 9.17) is 9.72 Å². The topological polar surface area (TPSA) is 111 Å². The quantitative estimate of drug-likeness (QED) is 0.224. The molecule has 7 heterocycles. The van der Waals surface area contributed by atoms with Crippen LogP contribution in [-0.4, -0.2) is 94.8 Å². The second-order valence-corrected chi connectivity index (χ2v) is 14.1. The molecule has 0 spiro atoms. The number of hydrogen-bond acceptors (Lipinski definition) is 11. The molecule has 0 saturated carbocycles. The van der Waals surface area contributed by atoms with Gasteiger partial charge in [0.15, 0.2) is 5.01 Å². The predicted molar refractivity (Wildman–Crippen MR) is 189 cm³/mol. The van der Waals surface area contributed by atoms with Crippen LogP contribution in [-0.2, 0) is 4.74 Å². The lowest BCUT2D eigenvalue weighted by atomic mass is 9.95. The Bertz CT molecular complexity index is 1950. The van der Waals surface area contributed by atoms with E-state index in [1.165, 1.54) is 0 Å². The monoisotopic (exact) mass is 678 g/mol. The molecule has 252 valence electrons. The first kappa shape index (κ1) is 31.6. The standard InChI is InChI=1S/C36H39FN10OS/c37-30-3-1-2-4-33(30)45-11-7-25(8-12-45)24-44-13-15-46(16-14-44)36-43-42-35(49-36)29-23-39-32(20-31(29)41-27-9-17-48-18-10-27)34-6-5-28-19-26(21-38)22-40-47(28)34/h1-6,19-20,22-23,25,27H,7-18,24H2,(H,39,41). The summed E-state index contributed by atoms with van der Waals surface area (Å²) in [5.74, 6) is 0.507. The molecule has 3 saturated heterocycles. The third-order valence-electron chi connectivity index (χ3n) is 9.99. The highest BCUT2D eigenvalue weighted by molar-refractivity contribution is 7.18. The van der Waals surface area contributed by atoms with Gasteiger partial charge in [-0.2, -0.15) is 10.4 Å². The van der Waals surface area contributed by atoms with E-state index in [2.05, 4.69) is 47.4 Å². The molecule has 1 aromatic carbocycles. The van der Waals surface area contributed by atoms with Crippen LogP contribution in [0.4, 0.5) is 20.9 Å². The fourth-order valence-corrected chi connectivity index (χ4v) is 8.13. The molecular formula is C36H39FN10OS. The van der Waals surface area contributed by atoms with E-state index in [0.717, 1.165) is 129 Å². The van der Waals surface area contributed by atoms with Gasteiger partial charge in [-0.25, -0.2) is 8.91 Å². The van der Waals surface area contributed by atoms with E-state index in [-0.39, 0.29) is 11.9 Å². The number of halogens is 1. The highest BCUT2D eigenvalue weighted by Gasteiger charge is 2.27. The number of piperazine rings is 1. The molecule has 1 N–H and O–H groups in total. The zero-order valence-electron chi connectivity index (χ0n) is 27.3. The average molecular weight is 679 g/mol. The molecule has 5 aromatic rings. The second kappa shape index (κ2) is 14.1. The van der Waals surface area contributed by atoms with Crippen molar-refractivity contribution in [3.63, 3.8) is 0 Å². The molecule has 3 fully saturated rings. The van der Waals surface area contributed by atoms with Crippen molar-refractivity contribution in [1.29, 1.82) is 5.26 Å². The van der Waals surface area contributed by atoms with Gasteiger partial charge in [0.25, 0.3) is 0 Å². The van der Waals surface area contributed by atoms with Gasteiger partial charge < -0.3 is 19.9 Å². The number of hydrogen-bond donors (Lipinski definition) is 1. The smallest absolute Gasteiger partial charge is 0.208 e. The third-order valence-corrected chi connectivity index (χ3v) is 11.0. The van der Waals surface area contributed by atoms with Crippen molar-refractivity contribution < 1.29 is 9.13 Å². The van der Waals surface area contributed by atoms with Crippen LogP contribution in [0.1, 0.15) is 31.2 Å². The molecular weight excluding hydrogens is 640 g/mol. The molecule has 4 aromatic heterocycles. The molecule has 0 bridgehead atoms. The number of fused-ring (bicyclic) bond motifs is 1. The van der Waals surface area contributed by atoms with E-state index < -0.39 is 0 Å². The summed E-state index contributed by atoms with van der Waals surface area (Å²) in [6.07, 6.45) is 7.50. The number of nitrogens with zero attached hydrogens (tertiary/aromatic N) is 9. The molecule has 49 heavy (non-hydrogen) atoms. The minimum atomic E-state index is -0.128. The summed E-state index contributed by atoms with van der Waals surface area (Å²) >= 11 is 1.61. The summed E-state index contributed by atoms with van der Waals surface area (Å²) in [4.78, 5) is 12.0. The van der Waals surface area contributed by atoms with Crippen molar-refractivity contribution in [3.05, 3.63) is 72.3 Å². The maximum atomic E-state index is 14.3. The van der Waals surface area contributed by atoms with Gasteiger partial charge in [0, 0.05) is 77.0 Å². The Labute approximate surface area is 288 Å². The number of rotatable bonds is 8. The van der Waals surface area contributed by atoms with Crippen LogP contribution in [0.3, 0.4) is 0 Å². The van der Waals surface area contributed by atoms with Crippen LogP contribution in [0.5, 0.6) is 0 Å². The first-order valence-electron chi connectivity index (χ1n) is 17.1. The number of nitrogens with one attached hydrogen (secondary N) is 1. The zero-order chi connectivity index (χ0) is 33.2. The normalized spacial score (nSPS) is 18.2. The van der Waals surface area contributed by atoms with Crippen LogP contribution in [0, 0.1) is 23.1 Å². The molecule has 0 aliphatic carbocycles. The molecule has 0 atom stereocenters. The summed E-state index contributed by atoms with van der Waals surface area (Å²) in [5.41, 5.74) is 5.63. The average Bonchev–Trinajstić information content (AvgIpc) is 3.81. The molecule has 0 unspecified atom stereocenters. The Balaban J connectivity index is 0.938. The van der Waals surface area contributed by atoms with Crippen molar-refractivity contribution in [2.24, 2.45) is 5.92 Å². The van der Waals surface area contributed by atoms with Crippen molar-refractivity contribution >= 4 is 33.4 Å². The largest absolute Gasteiger partial charge is 0.381 e. The lowest BCUT2D eigenvalue weighted by Crippen LogP contribution is -2.49. The van der Waals surface area contributed by atoms with Gasteiger partial charge in [0.1, 0.15) is 11.9 Å². The zero-order valence-corrected chi connectivity index (χ0v) is 28.2. The molecule has 0 radical (unpaired) electrons. The van der Waals surface area contributed by atoms with E-state index >= 15 is 0 Å². The first-order chi connectivity index (χ1) is 24.1. The number of benzene rings is 1. The van der Waals surface area contributed by atoms with Gasteiger partial charge in [0.05, 0.1) is 39.9 Å². The Morgan fingerprint density at radius 3 is 2.53 bits per heavy atom. The van der Waals surface area contributed by atoms with Gasteiger partial charge >= 0.3 is 0 Å². The summed E-state index contributed by atoms with van der Waals surface area (Å²) in [5, 5.41) is 28.6. The van der Waals surface area contributed by atoms with E-state index in [0.29, 0.717) is 11.5 Å². The maximum Gasteiger partial charge on any atom is 0.208 e. The van der Waals surface area contributed by atoms with Gasteiger partial charge in [-0.05, 0) is 68.0 Å². The summed E-state index contributed by atoms with van der Waals surface area (Å²) in [6.45, 7) is 8.18. The number of piperidine rings is 1. The number of aromatic nitrogens is 5. The highest BCUT2D eigenvalue weighted by atomic mass is 32.1. The van der Waals surface area contributed by atoms with E-state index in [1.54, 1.807) is 29.7 Å². The van der Waals surface area contributed by atoms with Gasteiger partial charge in [-0.3, -0.25) is 9.88 Å². The molecule has 11 nitrogen and oxygen atoms in total. The van der Waals surface area contributed by atoms with Crippen LogP contribution in [0.25, 0.3) is 27.5 Å². The van der Waals surface area contributed by atoms with Crippen LogP contribution >= 0.6 is 11.3 Å². The van der Waals surface area contributed by atoms with E-state index in [9.17, 15) is 9.65 Å². The minimum Gasteiger partial charge on any atom is -0.381 e. The minimum absolute atomic E-state index is 0.128. The summed E-state index contributed by atoms with van der Waals surface area (Å²) in [7, 11) is 0. The summed E-state index contributed by atoms with van der Waals surface area (Å²) < 4.78 is 21.7. The fraction of sp³-hybridized carbons (Fsp3) is 0.417. The fourth-order valence-electron chi connectivity index (χ4n) is 7.21. The van der Waals surface area contributed by atoms with Crippen molar-refractivity contribution in [1.82, 2.24) is 29.7 Å². The second-order valence-electron chi connectivity index (χ2n) is 13.1. The van der Waals surface area contributed by atoms with Crippen molar-refractivity contribution in [2.75, 3.05) is 74.1 Å². The number of ether oxygens (including phenoxy) is 1. The molecule has 8 rings (SSSR count). The molecule has 13 heteroatoms. The SMILES string of the molecule is N#Cc1cnn2c(-c3cc(NC4CCOCC4)c(-c4nnc(N5CCN(CC6CCN(c7ccccc7F)CC6)CC5)s4)cn3)ccc2c1. The van der Waals surface area contributed by atoms with Gasteiger partial charge in [-0.1, -0.05) is 23.5 Å². The maximum absolute atomic E-state index is 14.3. The Hall–Kier alpha value is -4.64. The molecule has 3 aliphatic rings. The number of anilines is 3. The number of para-hydroxylation sites is 1. The van der Waals surface area contributed by atoms with Crippen molar-refractivity contribution in [2.45, 2.75) is 31.7 Å². The summed E-state index contributed by atoms with van der Waals surface area (Å²) in [6, 6.07) is 17.4. The Morgan fingerprint density at radius 2 is 1.73 bits per heavy atom. The highest BCUT2D eigenvalue weighted by Crippen LogP contribution is 2.37. The Kier molecular flexibility index (Phi) is 9.08. The third kappa shape index (κ3) is 6.81. The van der Waals surface area contributed by atoms with Gasteiger partial charge in [0.2, 0.25) is 5.13 Å². The van der Waals surface area contributed by atoms with Crippen molar-refractivity contribution in [3.8, 4) is 28.0 Å².